The van der Waals surface area contributed by atoms with Crippen LogP contribution in [-0.4, -0.2) is 18.7 Å². The van der Waals surface area contributed by atoms with E-state index in [0.29, 0.717) is 13.0 Å². The first-order valence-corrected chi connectivity index (χ1v) is 8.31. The van der Waals surface area contributed by atoms with E-state index in [1.165, 1.54) is 25.7 Å². The van der Waals surface area contributed by atoms with Crippen LogP contribution in [0.4, 0.5) is 0 Å². The Hall–Kier alpha value is -1.84. The zero-order chi connectivity index (χ0) is 16.0. The van der Waals surface area contributed by atoms with Gasteiger partial charge in [0.15, 0.2) is 0 Å². The van der Waals surface area contributed by atoms with E-state index >= 15 is 0 Å². The molecule has 0 heterocycles. The molecule has 0 aliphatic carbocycles. The predicted molar refractivity (Wildman–Crippen MR) is 91.3 cm³/mol. The van der Waals surface area contributed by atoms with Gasteiger partial charge in [-0.25, -0.2) is 5.43 Å². The third-order valence-electron chi connectivity index (χ3n) is 3.35. The first-order valence-electron chi connectivity index (χ1n) is 8.31. The molecule has 1 N–H and O–H groups in total. The number of carbonyl (C=O) groups excluding carboxylic acids is 1. The summed E-state index contributed by atoms with van der Waals surface area (Å²) in [6.45, 7) is 4.81. The normalized spacial score (nSPS) is 10.8. The van der Waals surface area contributed by atoms with Gasteiger partial charge in [-0.2, -0.15) is 5.10 Å². The number of nitrogens with one attached hydrogen (secondary N) is 1. The van der Waals surface area contributed by atoms with Crippen LogP contribution in [0.25, 0.3) is 0 Å². The van der Waals surface area contributed by atoms with Crippen LogP contribution in [0.3, 0.4) is 0 Å². The molecular weight excluding hydrogens is 276 g/mol. The van der Waals surface area contributed by atoms with Gasteiger partial charge in [-0.15, -0.1) is 0 Å². The van der Waals surface area contributed by atoms with Gasteiger partial charge in [-0.1, -0.05) is 39.0 Å². The van der Waals surface area contributed by atoms with Crippen LogP contribution in [0.15, 0.2) is 29.4 Å². The molecule has 0 spiro atoms. The quantitative estimate of drug-likeness (QED) is 0.377. The average molecular weight is 304 g/mol. The lowest BCUT2D eigenvalue weighted by Crippen LogP contribution is -2.16. The molecule has 4 nitrogen and oxygen atoms in total. The van der Waals surface area contributed by atoms with Crippen molar-refractivity contribution in [1.29, 1.82) is 0 Å². The van der Waals surface area contributed by atoms with Gasteiger partial charge in [0.25, 0.3) is 0 Å². The lowest BCUT2D eigenvalue weighted by Gasteiger charge is -2.02. The molecular formula is C18H28N2O2. The summed E-state index contributed by atoms with van der Waals surface area (Å²) in [4.78, 5) is 11.6. The minimum Gasteiger partial charge on any atom is -0.494 e. The Balaban J connectivity index is 2.17. The van der Waals surface area contributed by atoms with E-state index in [-0.39, 0.29) is 5.91 Å². The number of carbonyl (C=O) groups is 1. The predicted octanol–water partition coefficient (Wildman–Crippen LogP) is 4.29. The van der Waals surface area contributed by atoms with Crippen LogP contribution in [0.1, 0.15) is 64.4 Å². The summed E-state index contributed by atoms with van der Waals surface area (Å²) in [6.07, 6.45) is 9.29. The molecule has 1 amide bonds. The zero-order valence-corrected chi connectivity index (χ0v) is 13.8. The van der Waals surface area contributed by atoms with Crippen molar-refractivity contribution in [3.05, 3.63) is 29.8 Å². The smallest absolute Gasteiger partial charge is 0.240 e. The van der Waals surface area contributed by atoms with Gasteiger partial charge in [0.1, 0.15) is 5.75 Å². The molecule has 4 heteroatoms. The second kappa shape index (κ2) is 11.8. The molecule has 0 unspecified atom stereocenters. The minimum absolute atomic E-state index is 0.0160. The van der Waals surface area contributed by atoms with Crippen molar-refractivity contribution in [1.82, 2.24) is 5.43 Å². The van der Waals surface area contributed by atoms with E-state index in [9.17, 15) is 4.79 Å². The Morgan fingerprint density at radius 2 is 1.77 bits per heavy atom. The molecule has 0 atom stereocenters. The second-order valence-electron chi connectivity index (χ2n) is 5.31. The highest BCUT2D eigenvalue weighted by atomic mass is 16.5. The number of unbranched alkanes of at least 4 members (excludes halogenated alkanes) is 5. The van der Waals surface area contributed by atoms with Crippen molar-refractivity contribution in [3.63, 3.8) is 0 Å². The van der Waals surface area contributed by atoms with Crippen LogP contribution in [-0.2, 0) is 4.79 Å². The molecule has 1 aromatic rings. The molecule has 22 heavy (non-hydrogen) atoms. The Morgan fingerprint density at radius 3 is 2.45 bits per heavy atom. The van der Waals surface area contributed by atoms with E-state index in [0.717, 1.165) is 24.2 Å². The van der Waals surface area contributed by atoms with E-state index in [2.05, 4.69) is 17.5 Å². The number of rotatable bonds is 11. The van der Waals surface area contributed by atoms with Crippen LogP contribution in [0, 0.1) is 0 Å². The Kier molecular flexibility index (Phi) is 9.75. The molecule has 0 saturated heterocycles. The largest absolute Gasteiger partial charge is 0.494 e. The summed E-state index contributed by atoms with van der Waals surface area (Å²) in [7, 11) is 0. The number of ether oxygens (including phenoxy) is 1. The first kappa shape index (κ1) is 18.2. The Bertz CT molecular complexity index is 441. The highest BCUT2D eigenvalue weighted by Crippen LogP contribution is 2.10. The van der Waals surface area contributed by atoms with E-state index in [4.69, 9.17) is 4.74 Å². The summed E-state index contributed by atoms with van der Waals surface area (Å²) in [5.74, 6) is 0.824. The maximum absolute atomic E-state index is 11.6. The second-order valence-corrected chi connectivity index (χ2v) is 5.31. The average Bonchev–Trinajstić information content (AvgIpc) is 2.53. The summed E-state index contributed by atoms with van der Waals surface area (Å²) < 4.78 is 5.37. The minimum atomic E-state index is -0.0160. The molecule has 0 aliphatic rings. The maximum Gasteiger partial charge on any atom is 0.240 e. The lowest BCUT2D eigenvalue weighted by atomic mass is 10.1. The highest BCUT2D eigenvalue weighted by molar-refractivity contribution is 5.82. The van der Waals surface area contributed by atoms with Crippen molar-refractivity contribution in [2.45, 2.75) is 58.8 Å². The van der Waals surface area contributed by atoms with E-state index < -0.39 is 0 Å². The fourth-order valence-electron chi connectivity index (χ4n) is 2.12. The number of benzene rings is 1. The molecule has 1 aromatic carbocycles. The summed E-state index contributed by atoms with van der Waals surface area (Å²) in [5, 5.41) is 3.98. The van der Waals surface area contributed by atoms with Crippen LogP contribution >= 0.6 is 0 Å². The molecule has 0 fully saturated rings. The molecule has 0 aromatic heterocycles. The van der Waals surface area contributed by atoms with Crippen molar-refractivity contribution < 1.29 is 9.53 Å². The molecule has 1 rings (SSSR count). The molecule has 0 saturated carbocycles. The lowest BCUT2D eigenvalue weighted by molar-refractivity contribution is -0.121. The van der Waals surface area contributed by atoms with Crippen molar-refractivity contribution >= 4 is 12.1 Å². The van der Waals surface area contributed by atoms with Crippen LogP contribution in [0.5, 0.6) is 5.75 Å². The van der Waals surface area contributed by atoms with Gasteiger partial charge in [-0.05, 0) is 43.2 Å². The molecule has 0 bridgehead atoms. The number of amides is 1. The number of hydrogen-bond donors (Lipinski definition) is 1. The number of nitrogens with zero attached hydrogens (tertiary/aromatic N) is 1. The van der Waals surface area contributed by atoms with Crippen LogP contribution < -0.4 is 10.2 Å². The standard InChI is InChI=1S/C18H28N2O2/c1-3-5-6-7-8-9-10-18(21)20-19-15-16-11-13-17(14-12-16)22-4-2/h11-15H,3-10H2,1-2H3,(H,20,21)/b19-15+. The molecule has 0 aliphatic heterocycles. The van der Waals surface area contributed by atoms with Crippen molar-refractivity contribution in [2.24, 2.45) is 5.10 Å². The first-order chi connectivity index (χ1) is 10.8. The molecule has 122 valence electrons. The summed E-state index contributed by atoms with van der Waals surface area (Å²) in [6, 6.07) is 7.61. The number of hydrazone groups is 1. The monoisotopic (exact) mass is 304 g/mol. The van der Waals surface area contributed by atoms with E-state index in [1.807, 2.05) is 31.2 Å². The topological polar surface area (TPSA) is 50.7 Å². The highest BCUT2D eigenvalue weighted by Gasteiger charge is 1.99. The maximum atomic E-state index is 11.6. The third-order valence-corrected chi connectivity index (χ3v) is 3.35. The Labute approximate surface area is 134 Å². The van der Waals surface area contributed by atoms with Gasteiger partial charge in [0.05, 0.1) is 12.8 Å². The zero-order valence-electron chi connectivity index (χ0n) is 13.8. The van der Waals surface area contributed by atoms with Gasteiger partial charge < -0.3 is 4.74 Å². The number of hydrogen-bond acceptors (Lipinski definition) is 3. The van der Waals surface area contributed by atoms with Gasteiger partial charge in [0, 0.05) is 6.42 Å². The van der Waals surface area contributed by atoms with Gasteiger partial charge >= 0.3 is 0 Å². The van der Waals surface area contributed by atoms with Crippen molar-refractivity contribution in [2.75, 3.05) is 6.61 Å². The van der Waals surface area contributed by atoms with Crippen molar-refractivity contribution in [3.8, 4) is 5.75 Å². The van der Waals surface area contributed by atoms with Gasteiger partial charge in [-0.3, -0.25) is 4.79 Å². The summed E-state index contributed by atoms with van der Waals surface area (Å²) >= 11 is 0. The van der Waals surface area contributed by atoms with Gasteiger partial charge in [0.2, 0.25) is 5.91 Å². The third kappa shape index (κ3) is 8.45. The molecule has 0 radical (unpaired) electrons. The fraction of sp³-hybridized carbons (Fsp3) is 0.556. The SMILES string of the molecule is CCCCCCCCC(=O)N/N=C/c1ccc(OCC)cc1. The van der Waals surface area contributed by atoms with E-state index in [1.54, 1.807) is 6.21 Å². The fourth-order valence-corrected chi connectivity index (χ4v) is 2.12. The summed E-state index contributed by atoms with van der Waals surface area (Å²) in [5.41, 5.74) is 3.51. The van der Waals surface area contributed by atoms with Crippen LogP contribution in [0.2, 0.25) is 0 Å². The Morgan fingerprint density at radius 1 is 1.09 bits per heavy atom.